The highest BCUT2D eigenvalue weighted by atomic mass is 32.2. The van der Waals surface area contributed by atoms with Crippen LogP contribution in [0.1, 0.15) is 17.3 Å². The van der Waals surface area contributed by atoms with Gasteiger partial charge in [0.15, 0.2) is 5.75 Å². The summed E-state index contributed by atoms with van der Waals surface area (Å²) in [5.41, 5.74) is 5.44. The third-order valence-corrected chi connectivity index (χ3v) is 11.0. The minimum absolute atomic E-state index is 0.0489. The number of hydrogen-bond donors (Lipinski definition) is 8. The summed E-state index contributed by atoms with van der Waals surface area (Å²) in [6, 6.07) is 21.3. The quantitative estimate of drug-likeness (QED) is 0.0327. The van der Waals surface area contributed by atoms with E-state index in [2.05, 4.69) is 41.3 Å². The van der Waals surface area contributed by atoms with Crippen LogP contribution in [0.2, 0.25) is 0 Å². The third-order valence-electron chi connectivity index (χ3n) is 8.35. The minimum Gasteiger partial charge on any atom is -0.508 e. The highest BCUT2D eigenvalue weighted by molar-refractivity contribution is 7.86. The summed E-state index contributed by atoms with van der Waals surface area (Å²) < 4.78 is 102. The van der Waals surface area contributed by atoms with Crippen LogP contribution in [0, 0.1) is 0 Å². The molecular weight excluding hydrogens is 875 g/mol. The second-order valence-corrected chi connectivity index (χ2v) is 17.0. The SMILES string of the molecule is CC(=O)Nc1cc(O)ccc1N=Nc1ccc(NC(=O)c2ccc(N=Nc3c(S(=O)(=O)O)cc4cc(S(=O)(=O)O)c(N=Nc5ccc(S(=O)(=O)O)cc5)c(O)c4c3N)cc2)cc1. The smallest absolute Gasteiger partial charge is 0.296 e. The molecule has 0 bridgehead atoms. The monoisotopic (exact) mass is 903 g/mol. The van der Waals surface area contributed by atoms with E-state index >= 15 is 0 Å². The number of azo groups is 3. The van der Waals surface area contributed by atoms with E-state index in [9.17, 15) is 58.7 Å². The number of nitrogens with zero attached hydrogens (tertiary/aromatic N) is 6. The molecule has 0 saturated carbocycles. The molecule has 0 heterocycles. The number of hydrogen-bond acceptors (Lipinski definition) is 17. The highest BCUT2D eigenvalue weighted by Crippen LogP contribution is 2.48. The number of fused-ring (bicyclic) bond motifs is 1. The Bertz CT molecular complexity index is 3220. The topological polar surface area (TPSA) is 362 Å². The molecule has 0 saturated heterocycles. The van der Waals surface area contributed by atoms with E-state index in [0.29, 0.717) is 23.5 Å². The standard InChI is InChI=1S/C37H29N9O13S3/c1-19(47)39-29-18-26(48)12-15-28(29)44-41-24-8-6-22(7-9-24)40-37(50)20-2-4-23(5-3-20)42-45-34-30(61(54,55)56)16-21-17-31(62(57,58)59)35(36(49)32(21)33(34)38)46-43-25-10-13-27(14-11-25)60(51,52)53/h2-18,48-49H,38H2,1H3,(H,39,47)(H,40,50)(H,51,52,53)(H,54,55,56)(H,57,58,59). The molecule has 6 aromatic rings. The average molecular weight is 904 g/mol. The number of nitrogen functional groups attached to an aromatic ring is 1. The zero-order valence-electron chi connectivity index (χ0n) is 31.3. The Morgan fingerprint density at radius 2 is 1.08 bits per heavy atom. The summed E-state index contributed by atoms with van der Waals surface area (Å²) in [6.07, 6.45) is 0. The number of amides is 2. The Hall–Kier alpha value is -7.55. The molecular formula is C37H29N9O13S3. The van der Waals surface area contributed by atoms with Gasteiger partial charge >= 0.3 is 0 Å². The summed E-state index contributed by atoms with van der Waals surface area (Å²) in [5, 5.41) is 48.8. The molecule has 9 N–H and O–H groups in total. The molecule has 0 radical (unpaired) electrons. The van der Waals surface area contributed by atoms with Crippen molar-refractivity contribution in [3.63, 3.8) is 0 Å². The van der Waals surface area contributed by atoms with Gasteiger partial charge in [0.2, 0.25) is 5.91 Å². The Balaban J connectivity index is 1.25. The summed E-state index contributed by atoms with van der Waals surface area (Å²) in [6.45, 7) is 1.30. The molecule has 62 heavy (non-hydrogen) atoms. The number of rotatable bonds is 12. The molecule has 318 valence electrons. The number of carbonyl (C=O) groups is 2. The number of phenolic OH excluding ortho intramolecular Hbond substituents is 2. The fraction of sp³-hybridized carbons (Fsp3) is 0.0270. The van der Waals surface area contributed by atoms with Crippen molar-refractivity contribution >= 4 is 104 Å². The van der Waals surface area contributed by atoms with Gasteiger partial charge in [0.1, 0.15) is 32.6 Å². The first-order valence-electron chi connectivity index (χ1n) is 17.1. The van der Waals surface area contributed by atoms with E-state index in [-0.39, 0.29) is 40.0 Å². The molecule has 0 aliphatic rings. The Kier molecular flexibility index (Phi) is 12.2. The lowest BCUT2D eigenvalue weighted by Gasteiger charge is -2.14. The lowest BCUT2D eigenvalue weighted by atomic mass is 10.1. The average Bonchev–Trinajstić information content (AvgIpc) is 3.19. The van der Waals surface area contributed by atoms with Gasteiger partial charge in [-0.3, -0.25) is 23.2 Å². The molecule has 0 aliphatic carbocycles. The van der Waals surface area contributed by atoms with Crippen molar-refractivity contribution in [1.29, 1.82) is 0 Å². The number of benzene rings is 6. The predicted octanol–water partition coefficient (Wildman–Crippen LogP) is 8.03. The first-order chi connectivity index (χ1) is 29.1. The molecule has 0 spiro atoms. The molecule has 0 atom stereocenters. The summed E-state index contributed by atoms with van der Waals surface area (Å²) in [7, 11) is -15.0. The Morgan fingerprint density at radius 1 is 0.581 bits per heavy atom. The summed E-state index contributed by atoms with van der Waals surface area (Å²) in [4.78, 5) is 22.0. The number of aromatic hydroxyl groups is 2. The maximum atomic E-state index is 13.0. The molecule has 22 nitrogen and oxygen atoms in total. The van der Waals surface area contributed by atoms with Crippen LogP contribution < -0.4 is 16.4 Å². The van der Waals surface area contributed by atoms with Crippen molar-refractivity contribution in [2.24, 2.45) is 30.7 Å². The van der Waals surface area contributed by atoms with Crippen LogP contribution in [-0.2, 0) is 35.1 Å². The van der Waals surface area contributed by atoms with Crippen LogP contribution in [-0.4, -0.2) is 60.9 Å². The Labute approximate surface area is 350 Å². The molecule has 0 aliphatic heterocycles. The lowest BCUT2D eigenvalue weighted by molar-refractivity contribution is -0.114. The highest BCUT2D eigenvalue weighted by Gasteiger charge is 2.28. The van der Waals surface area contributed by atoms with Crippen molar-refractivity contribution < 1.29 is 58.7 Å². The van der Waals surface area contributed by atoms with Gasteiger partial charge in [-0.15, -0.1) is 15.3 Å². The van der Waals surface area contributed by atoms with E-state index in [1.165, 1.54) is 49.4 Å². The number of carbonyl (C=O) groups excluding carboxylic acids is 2. The van der Waals surface area contributed by atoms with Crippen molar-refractivity contribution in [2.75, 3.05) is 16.4 Å². The van der Waals surface area contributed by atoms with Crippen molar-refractivity contribution in [3.8, 4) is 11.5 Å². The van der Waals surface area contributed by atoms with Gasteiger partial charge in [-0.25, -0.2) is 0 Å². The summed E-state index contributed by atoms with van der Waals surface area (Å²) in [5.74, 6) is -2.03. The van der Waals surface area contributed by atoms with Crippen molar-refractivity contribution in [1.82, 2.24) is 0 Å². The third kappa shape index (κ3) is 10.2. The molecule has 0 fully saturated rings. The first-order valence-corrected chi connectivity index (χ1v) is 21.4. The number of phenols is 2. The molecule has 6 aromatic carbocycles. The lowest BCUT2D eigenvalue weighted by Crippen LogP contribution is -2.11. The molecule has 6 rings (SSSR count). The van der Waals surface area contributed by atoms with Gasteiger partial charge in [-0.2, -0.15) is 40.6 Å². The van der Waals surface area contributed by atoms with Crippen LogP contribution >= 0.6 is 0 Å². The predicted molar refractivity (Wildman–Crippen MR) is 222 cm³/mol. The maximum Gasteiger partial charge on any atom is 0.296 e. The van der Waals surface area contributed by atoms with Crippen LogP contribution in [0.3, 0.4) is 0 Å². The van der Waals surface area contributed by atoms with Crippen LogP contribution in [0.4, 0.5) is 51.2 Å². The molecule has 25 heteroatoms. The van der Waals surface area contributed by atoms with Gasteiger partial charge in [0.05, 0.1) is 38.7 Å². The van der Waals surface area contributed by atoms with Gasteiger partial charge in [0.25, 0.3) is 36.3 Å². The van der Waals surface area contributed by atoms with Crippen LogP contribution in [0.25, 0.3) is 10.8 Å². The fourth-order valence-electron chi connectivity index (χ4n) is 5.51. The van der Waals surface area contributed by atoms with Gasteiger partial charge in [-0.1, -0.05) is 0 Å². The molecule has 0 aromatic heterocycles. The van der Waals surface area contributed by atoms with E-state index in [1.54, 1.807) is 24.3 Å². The second kappa shape index (κ2) is 17.2. The normalized spacial score (nSPS) is 12.4. The maximum absolute atomic E-state index is 13.0. The number of nitrogens with one attached hydrogen (secondary N) is 2. The first kappa shape index (κ1) is 44.0. The zero-order chi connectivity index (χ0) is 45.1. The second-order valence-electron chi connectivity index (χ2n) is 12.8. The van der Waals surface area contributed by atoms with Gasteiger partial charge in [0, 0.05) is 24.2 Å². The number of anilines is 3. The van der Waals surface area contributed by atoms with E-state index in [0.717, 1.165) is 24.3 Å². The van der Waals surface area contributed by atoms with Crippen LogP contribution in [0.15, 0.2) is 149 Å². The van der Waals surface area contributed by atoms with Crippen molar-refractivity contribution in [3.05, 3.63) is 109 Å². The summed E-state index contributed by atoms with van der Waals surface area (Å²) >= 11 is 0. The van der Waals surface area contributed by atoms with Gasteiger partial charge < -0.3 is 26.6 Å². The van der Waals surface area contributed by atoms with Crippen LogP contribution in [0.5, 0.6) is 11.5 Å². The molecule has 0 unspecified atom stereocenters. The largest absolute Gasteiger partial charge is 0.508 e. The fourth-order valence-corrected chi connectivity index (χ4v) is 7.32. The Morgan fingerprint density at radius 3 is 1.61 bits per heavy atom. The van der Waals surface area contributed by atoms with Crippen molar-refractivity contribution in [2.45, 2.75) is 21.6 Å². The van der Waals surface area contributed by atoms with E-state index in [1.807, 2.05) is 0 Å². The van der Waals surface area contributed by atoms with E-state index in [4.69, 9.17) is 5.73 Å². The number of nitrogens with two attached hydrogens (primary N) is 1. The zero-order valence-corrected chi connectivity index (χ0v) is 33.8. The van der Waals surface area contributed by atoms with E-state index < -0.39 is 84.5 Å². The van der Waals surface area contributed by atoms with Gasteiger partial charge in [-0.05, 0) is 102 Å². The molecule has 2 amide bonds. The minimum atomic E-state index is -5.21.